The van der Waals surface area contributed by atoms with E-state index in [0.29, 0.717) is 30.1 Å². The van der Waals surface area contributed by atoms with Gasteiger partial charge in [0.1, 0.15) is 12.9 Å². The van der Waals surface area contributed by atoms with Crippen molar-refractivity contribution in [3.8, 4) is 0 Å². The van der Waals surface area contributed by atoms with Gasteiger partial charge in [0, 0.05) is 34.0 Å². The molecule has 0 bridgehead atoms. The smallest absolute Gasteiger partial charge is 0.261 e. The number of rotatable bonds is 18. The van der Waals surface area contributed by atoms with E-state index in [1.807, 2.05) is 0 Å². The van der Waals surface area contributed by atoms with E-state index < -0.39 is 10.0 Å². The van der Waals surface area contributed by atoms with Gasteiger partial charge in [-0.05, 0) is 53.6 Å². The molecule has 2 rings (SSSR count). The van der Waals surface area contributed by atoms with Gasteiger partial charge >= 0.3 is 0 Å². The summed E-state index contributed by atoms with van der Waals surface area (Å²) in [5.41, 5.74) is 6.20. The molecule has 14 nitrogen and oxygen atoms in total. The first-order chi connectivity index (χ1) is 17.4. The van der Waals surface area contributed by atoms with E-state index in [0.717, 1.165) is 18.0 Å². The quantitative estimate of drug-likeness (QED) is 0.0709. The molecule has 2 amide bonds. The molecule has 0 aromatic heterocycles. The van der Waals surface area contributed by atoms with Crippen LogP contribution in [0.3, 0.4) is 0 Å². The highest BCUT2D eigenvalue weighted by Crippen LogP contribution is 2.20. The largest absolute Gasteiger partial charge is 0.382 e. The van der Waals surface area contributed by atoms with Gasteiger partial charge in [0.05, 0.1) is 22.9 Å². The topological polar surface area (TPSA) is 172 Å². The van der Waals surface area contributed by atoms with Gasteiger partial charge in [0.2, 0.25) is 12.3 Å². The van der Waals surface area contributed by atoms with E-state index in [-0.39, 0.29) is 23.2 Å². The van der Waals surface area contributed by atoms with Crippen molar-refractivity contribution in [1.29, 1.82) is 0 Å². The molecule has 0 aliphatic rings. The lowest BCUT2D eigenvalue weighted by molar-refractivity contribution is -0.700. The molecular weight excluding hydrogens is 520 g/mol. The summed E-state index contributed by atoms with van der Waals surface area (Å²) in [6, 6.07) is 11.9. The molecule has 4 N–H and O–H groups in total. The van der Waals surface area contributed by atoms with Crippen LogP contribution in [0, 0.1) is 0 Å². The summed E-state index contributed by atoms with van der Waals surface area (Å²) < 4.78 is 32.3. The number of sulfonamides is 1. The zero-order valence-corrected chi connectivity index (χ0v) is 20.5. The summed E-state index contributed by atoms with van der Waals surface area (Å²) in [7, 11) is -2.35. The third-order valence-corrected chi connectivity index (χ3v) is 5.93. The number of thioether (sulfide) groups is 1. The molecule has 0 atom stereocenters. The molecule has 0 saturated carbocycles. The third kappa shape index (κ3) is 11.4. The number of nitrogens with one attached hydrogen (secondary N) is 4. The van der Waals surface area contributed by atoms with E-state index >= 15 is 0 Å². The molecule has 2 aromatic carbocycles. The first-order valence-corrected chi connectivity index (χ1v) is 12.5. The van der Waals surface area contributed by atoms with E-state index in [9.17, 15) is 18.0 Å². The van der Waals surface area contributed by atoms with Crippen LogP contribution in [-0.2, 0) is 49.2 Å². The van der Waals surface area contributed by atoms with E-state index in [1.165, 1.54) is 48.9 Å². The van der Waals surface area contributed by atoms with Crippen LogP contribution >= 0.6 is 11.8 Å². The van der Waals surface area contributed by atoms with Gasteiger partial charge in [-0.15, -0.1) is 11.8 Å². The Labute approximate surface area is 210 Å². The number of amides is 2. The molecule has 16 heteroatoms. The van der Waals surface area contributed by atoms with Crippen LogP contribution in [-0.4, -0.2) is 46.8 Å². The first kappa shape index (κ1) is 28.9. The highest BCUT2D eigenvalue weighted by molar-refractivity contribution is 8.02. The second-order valence-corrected chi connectivity index (χ2v) is 8.92. The minimum Gasteiger partial charge on any atom is -0.382 e. The van der Waals surface area contributed by atoms with Crippen molar-refractivity contribution < 1.29 is 47.6 Å². The summed E-state index contributed by atoms with van der Waals surface area (Å²) in [5.74, 6) is -0.283. The van der Waals surface area contributed by atoms with Gasteiger partial charge < -0.3 is 14.9 Å². The highest BCUT2D eigenvalue weighted by Gasteiger charge is 2.14. The molecule has 0 saturated heterocycles. The molecule has 0 aliphatic heterocycles. The number of methoxy groups -OCH3 is 1. The molecule has 36 heavy (non-hydrogen) atoms. The third-order valence-electron chi connectivity index (χ3n) is 3.80. The number of carbonyl (C=O) groups is 2. The number of hydrogen-bond donors (Lipinski definition) is 4. The Kier molecular flexibility index (Phi) is 13.1. The van der Waals surface area contributed by atoms with Crippen LogP contribution in [0.15, 0.2) is 65.1 Å². The van der Waals surface area contributed by atoms with Gasteiger partial charge in [-0.2, -0.15) is 0 Å². The van der Waals surface area contributed by atoms with E-state index in [4.69, 9.17) is 4.74 Å². The Morgan fingerprint density at radius 3 is 2.33 bits per heavy atom. The first-order valence-electron chi connectivity index (χ1n) is 9.96. The van der Waals surface area contributed by atoms with Crippen LogP contribution in [0.1, 0.15) is 0 Å². The maximum atomic E-state index is 12.6. The number of hydrazine groups is 1. The molecule has 0 fully saturated rings. The average molecular weight is 545 g/mol. The Morgan fingerprint density at radius 2 is 1.64 bits per heavy atom. The van der Waals surface area contributed by atoms with Crippen LogP contribution < -0.4 is 20.9 Å². The maximum absolute atomic E-state index is 12.6. The van der Waals surface area contributed by atoms with Crippen molar-refractivity contribution >= 4 is 51.2 Å². The van der Waals surface area contributed by atoms with Crippen molar-refractivity contribution in [2.45, 2.75) is 4.90 Å². The summed E-state index contributed by atoms with van der Waals surface area (Å²) in [6.07, 6.45) is 1.58. The van der Waals surface area contributed by atoms with Crippen LogP contribution in [0.5, 0.6) is 0 Å². The van der Waals surface area contributed by atoms with Crippen molar-refractivity contribution in [3.63, 3.8) is 0 Å². The van der Waals surface area contributed by atoms with Crippen LogP contribution in [0.25, 0.3) is 0 Å². The van der Waals surface area contributed by atoms with E-state index in [2.05, 4.69) is 45.8 Å². The Bertz CT molecular complexity index is 1070. The fraction of sp³-hybridized carbons (Fsp3) is 0.200. The number of benzene rings is 2. The second kappa shape index (κ2) is 16.3. The molecule has 0 heterocycles. The zero-order valence-electron chi connectivity index (χ0n) is 18.9. The van der Waals surface area contributed by atoms with Gasteiger partial charge in [0.25, 0.3) is 10.0 Å². The molecule has 0 radical (unpaired) electrons. The summed E-state index contributed by atoms with van der Waals surface area (Å²) in [5, 5.41) is 16.4. The highest BCUT2D eigenvalue weighted by atomic mass is 32.2. The van der Waals surface area contributed by atoms with E-state index in [1.54, 1.807) is 12.1 Å². The predicted octanol–water partition coefficient (Wildman–Crippen LogP) is 2.09. The lowest BCUT2D eigenvalue weighted by Crippen LogP contribution is -2.18. The lowest BCUT2D eigenvalue weighted by atomic mass is 10.3. The van der Waals surface area contributed by atoms with Gasteiger partial charge in [0.15, 0.2) is 0 Å². The number of ether oxygens (including phenoxy) is 1. The minimum absolute atomic E-state index is 0.00933. The zero-order chi connectivity index (χ0) is 26.1. The summed E-state index contributed by atoms with van der Waals surface area (Å²) >= 11 is 1.10. The molecular formula is C20H24N4O10S2. The van der Waals surface area contributed by atoms with Crippen molar-refractivity contribution in [2.24, 2.45) is 0 Å². The molecule has 0 spiro atoms. The average Bonchev–Trinajstić information content (AvgIpc) is 2.87. The molecule has 0 unspecified atom stereocenters. The fourth-order valence-electron chi connectivity index (χ4n) is 2.27. The van der Waals surface area contributed by atoms with Gasteiger partial charge in [-0.1, -0.05) is 0 Å². The second-order valence-electron chi connectivity index (χ2n) is 6.34. The Balaban J connectivity index is 1.71. The Hall–Kier alpha value is -3.38. The van der Waals surface area contributed by atoms with Crippen molar-refractivity contribution in [2.75, 3.05) is 41.5 Å². The number of anilines is 3. The predicted molar refractivity (Wildman–Crippen MR) is 129 cm³/mol. The summed E-state index contributed by atoms with van der Waals surface area (Å²) in [6.45, 7) is 0.437. The molecule has 196 valence electrons. The standard InChI is InChI=1S/C20H24N4O10S2/c1-29-10-11-30-32-34-33-31-12-13-35-14-20(26)22-16-6-8-19(9-7-16)36(27,28)24-18-4-2-17(3-5-18)23-21-15-25/h2-9,12-13,15,23-24H,10-11,14H2,1H3,(H,21,25)(H,22,26)/b13-12+. The van der Waals surface area contributed by atoms with Crippen LogP contribution in [0.4, 0.5) is 17.1 Å². The van der Waals surface area contributed by atoms with Gasteiger partial charge in [-0.25, -0.2) is 13.3 Å². The summed E-state index contributed by atoms with van der Waals surface area (Å²) in [4.78, 5) is 31.3. The molecule has 2 aromatic rings. The van der Waals surface area contributed by atoms with Crippen molar-refractivity contribution in [1.82, 2.24) is 5.43 Å². The maximum Gasteiger partial charge on any atom is 0.261 e. The SMILES string of the molecule is COCCOOOOO/C=C/SCC(=O)Nc1ccc(S(=O)(=O)Nc2ccc(NNC=O)cc2)cc1. The molecule has 0 aliphatic carbocycles. The van der Waals surface area contributed by atoms with Crippen molar-refractivity contribution in [3.05, 3.63) is 60.2 Å². The number of carbonyl (C=O) groups excluding carboxylic acids is 2. The fourth-order valence-corrected chi connectivity index (χ4v) is 3.77. The van der Waals surface area contributed by atoms with Gasteiger partial charge in [-0.3, -0.25) is 25.2 Å². The monoisotopic (exact) mass is 544 g/mol. The normalized spacial score (nSPS) is 11.1. The van der Waals surface area contributed by atoms with Crippen LogP contribution in [0.2, 0.25) is 0 Å². The number of hydrogen-bond acceptors (Lipinski definition) is 12. The Morgan fingerprint density at radius 1 is 0.944 bits per heavy atom. The minimum atomic E-state index is -3.85. The lowest BCUT2D eigenvalue weighted by Gasteiger charge is -2.10.